The van der Waals surface area contributed by atoms with E-state index in [1.807, 2.05) is 13.0 Å². The molecule has 0 radical (unpaired) electrons. The van der Waals surface area contributed by atoms with Gasteiger partial charge in [0.25, 0.3) is 5.91 Å². The fourth-order valence-corrected chi connectivity index (χ4v) is 5.79. The van der Waals surface area contributed by atoms with Gasteiger partial charge >= 0.3 is 0 Å². The van der Waals surface area contributed by atoms with Gasteiger partial charge in [-0.1, -0.05) is 43.0 Å². The minimum atomic E-state index is -0.157. The third-order valence-corrected chi connectivity index (χ3v) is 7.43. The van der Waals surface area contributed by atoms with Crippen molar-refractivity contribution in [3.05, 3.63) is 38.0 Å². The number of thiophene rings is 1. The molecule has 0 aliphatic carbocycles. The lowest BCUT2D eigenvalue weighted by atomic mass is 10.1. The van der Waals surface area contributed by atoms with E-state index in [2.05, 4.69) is 45.8 Å². The van der Waals surface area contributed by atoms with Crippen molar-refractivity contribution in [1.29, 1.82) is 0 Å². The fraction of sp³-hybridized carbons (Fsp3) is 0.375. The van der Waals surface area contributed by atoms with Crippen molar-refractivity contribution < 1.29 is 4.79 Å². The molecule has 5 nitrogen and oxygen atoms in total. The average Bonchev–Trinajstić information content (AvgIpc) is 3.26. The molecule has 3 rings (SSSR count). The number of aryl methyl sites for hydroxylation is 1. The first kappa shape index (κ1) is 18.5. The Bertz CT molecular complexity index is 838. The van der Waals surface area contributed by atoms with E-state index in [0.29, 0.717) is 15.9 Å². The number of thiazole rings is 1. The maximum Gasteiger partial charge on any atom is 0.269 e. The molecule has 0 saturated carbocycles. The summed E-state index contributed by atoms with van der Waals surface area (Å²) in [5, 5.41) is 14.6. The number of amides is 1. The van der Waals surface area contributed by atoms with E-state index >= 15 is 0 Å². The van der Waals surface area contributed by atoms with Gasteiger partial charge in [-0.25, -0.2) is 4.98 Å². The van der Waals surface area contributed by atoms with E-state index in [1.54, 1.807) is 23.1 Å². The first-order valence-electron chi connectivity index (χ1n) is 7.77. The van der Waals surface area contributed by atoms with E-state index in [1.165, 1.54) is 27.6 Å². The van der Waals surface area contributed by atoms with Crippen molar-refractivity contribution in [2.45, 2.75) is 37.3 Å². The summed E-state index contributed by atoms with van der Waals surface area (Å²) >= 11 is 6.21. The second-order valence-corrected chi connectivity index (χ2v) is 10.1. The van der Waals surface area contributed by atoms with Gasteiger partial charge in [0, 0.05) is 17.1 Å². The highest BCUT2D eigenvalue weighted by Gasteiger charge is 2.17. The van der Waals surface area contributed by atoms with Gasteiger partial charge in [-0.3, -0.25) is 10.1 Å². The molecule has 3 aromatic rings. The predicted molar refractivity (Wildman–Crippen MR) is 107 cm³/mol. The minimum absolute atomic E-state index is 0.157. The summed E-state index contributed by atoms with van der Waals surface area (Å²) in [5.41, 5.74) is 0.773. The van der Waals surface area contributed by atoms with E-state index < -0.39 is 0 Å². The quantitative estimate of drug-likeness (QED) is 0.433. The minimum Gasteiger partial charge on any atom is -0.296 e. The van der Waals surface area contributed by atoms with Crippen LogP contribution < -0.4 is 5.32 Å². The van der Waals surface area contributed by atoms with Crippen molar-refractivity contribution in [1.82, 2.24) is 15.2 Å². The van der Waals surface area contributed by atoms with Crippen LogP contribution in [0.3, 0.4) is 0 Å². The normalized spacial score (nSPS) is 11.2. The lowest BCUT2D eigenvalue weighted by molar-refractivity contribution is 0.102. The summed E-state index contributed by atoms with van der Waals surface area (Å²) in [6, 6.07) is 4.14. The molecule has 0 atom stereocenters. The Balaban J connectivity index is 1.60. The highest BCUT2D eigenvalue weighted by molar-refractivity contribution is 8.00. The van der Waals surface area contributed by atoms with Crippen LogP contribution >= 0.6 is 45.8 Å². The number of carbonyl (C=O) groups excluding carboxylic acids is 1. The fourth-order valence-electron chi connectivity index (χ4n) is 2.10. The highest BCUT2D eigenvalue weighted by Crippen LogP contribution is 2.30. The molecule has 0 aliphatic heterocycles. The van der Waals surface area contributed by atoms with Crippen LogP contribution in [0.2, 0.25) is 0 Å². The van der Waals surface area contributed by atoms with Crippen LogP contribution in [0.15, 0.2) is 21.9 Å². The van der Waals surface area contributed by atoms with Gasteiger partial charge in [0.05, 0.1) is 10.7 Å². The van der Waals surface area contributed by atoms with E-state index in [4.69, 9.17) is 0 Å². The third kappa shape index (κ3) is 5.10. The third-order valence-electron chi connectivity index (χ3n) is 3.17. The summed E-state index contributed by atoms with van der Waals surface area (Å²) in [7, 11) is 0. The Morgan fingerprint density at radius 2 is 2.16 bits per heavy atom. The lowest BCUT2D eigenvalue weighted by Gasteiger charge is -1.99. The van der Waals surface area contributed by atoms with Crippen molar-refractivity contribution in [3.8, 4) is 0 Å². The first-order chi connectivity index (χ1) is 12.0. The Morgan fingerprint density at radius 3 is 2.88 bits per heavy atom. The SMILES string of the molecule is Cc1nc(CC(C)C)sc1C(=O)Nc1nnc(SCc2cccs2)s1. The van der Waals surface area contributed by atoms with Crippen LogP contribution in [-0.4, -0.2) is 21.1 Å². The molecule has 1 amide bonds. The monoisotopic (exact) mass is 410 g/mol. The number of thioether (sulfide) groups is 1. The van der Waals surface area contributed by atoms with Gasteiger partial charge in [-0.2, -0.15) is 0 Å². The summed E-state index contributed by atoms with van der Waals surface area (Å²) in [5.74, 6) is 1.23. The molecule has 132 valence electrons. The van der Waals surface area contributed by atoms with Crippen molar-refractivity contribution in [2.24, 2.45) is 5.92 Å². The van der Waals surface area contributed by atoms with Crippen molar-refractivity contribution in [3.63, 3.8) is 0 Å². The van der Waals surface area contributed by atoms with Gasteiger partial charge in [0.15, 0.2) is 4.34 Å². The molecule has 0 aliphatic rings. The zero-order chi connectivity index (χ0) is 17.8. The molecule has 9 heteroatoms. The molecule has 0 aromatic carbocycles. The van der Waals surface area contributed by atoms with Crippen LogP contribution in [0.1, 0.15) is 39.1 Å². The largest absolute Gasteiger partial charge is 0.296 e. The number of nitrogens with one attached hydrogen (secondary N) is 1. The first-order valence-corrected chi connectivity index (χ1v) is 11.3. The van der Waals surface area contributed by atoms with Crippen molar-refractivity contribution >= 4 is 56.8 Å². The zero-order valence-electron chi connectivity index (χ0n) is 14.1. The number of aromatic nitrogens is 3. The molecule has 25 heavy (non-hydrogen) atoms. The molecular formula is C16H18N4OS4. The summed E-state index contributed by atoms with van der Waals surface area (Å²) in [6.45, 7) is 6.16. The Labute approximate surface area is 162 Å². The van der Waals surface area contributed by atoms with Crippen LogP contribution in [0, 0.1) is 12.8 Å². The van der Waals surface area contributed by atoms with Crippen LogP contribution in [0.4, 0.5) is 5.13 Å². The summed E-state index contributed by atoms with van der Waals surface area (Å²) in [4.78, 5) is 18.9. The van der Waals surface area contributed by atoms with Gasteiger partial charge in [-0.05, 0) is 24.3 Å². The molecule has 1 N–H and O–H groups in total. The Morgan fingerprint density at radius 1 is 1.32 bits per heavy atom. The smallest absolute Gasteiger partial charge is 0.269 e. The predicted octanol–water partition coefficient (Wildman–Crippen LogP) is 5.11. The summed E-state index contributed by atoms with van der Waals surface area (Å²) < 4.78 is 0.852. The number of hydrogen-bond donors (Lipinski definition) is 1. The number of carbonyl (C=O) groups is 1. The van der Waals surface area contributed by atoms with Gasteiger partial charge < -0.3 is 0 Å². The van der Waals surface area contributed by atoms with E-state index in [9.17, 15) is 4.79 Å². The Kier molecular flexibility index (Phi) is 6.21. The average molecular weight is 411 g/mol. The number of nitrogens with zero attached hydrogens (tertiary/aromatic N) is 3. The highest BCUT2D eigenvalue weighted by atomic mass is 32.2. The molecule has 3 aromatic heterocycles. The molecule has 0 unspecified atom stereocenters. The van der Waals surface area contributed by atoms with Crippen LogP contribution in [0.25, 0.3) is 0 Å². The van der Waals surface area contributed by atoms with Gasteiger partial charge in [-0.15, -0.1) is 32.9 Å². The number of rotatable bonds is 7. The van der Waals surface area contributed by atoms with Crippen LogP contribution in [-0.2, 0) is 12.2 Å². The second-order valence-electron chi connectivity index (χ2n) is 5.82. The molecule has 3 heterocycles. The van der Waals surface area contributed by atoms with Crippen LogP contribution in [0.5, 0.6) is 0 Å². The topological polar surface area (TPSA) is 67.8 Å². The van der Waals surface area contributed by atoms with Gasteiger partial charge in [0.1, 0.15) is 4.88 Å². The lowest BCUT2D eigenvalue weighted by Crippen LogP contribution is -2.11. The standard InChI is InChI=1S/C16H18N4OS4/c1-9(2)7-12-17-10(3)13(24-12)14(21)18-15-19-20-16(25-15)23-8-11-5-4-6-22-11/h4-6,9H,7-8H2,1-3H3,(H,18,19,21). The molecule has 0 saturated heterocycles. The second kappa shape index (κ2) is 8.39. The maximum atomic E-state index is 12.5. The van der Waals surface area contributed by atoms with E-state index in [-0.39, 0.29) is 5.91 Å². The number of anilines is 1. The Hall–Kier alpha value is -1.29. The number of hydrogen-bond acceptors (Lipinski definition) is 8. The van der Waals surface area contributed by atoms with Gasteiger partial charge in [0.2, 0.25) is 5.13 Å². The van der Waals surface area contributed by atoms with Crippen molar-refractivity contribution in [2.75, 3.05) is 5.32 Å². The summed E-state index contributed by atoms with van der Waals surface area (Å²) in [6.07, 6.45) is 0.890. The zero-order valence-corrected chi connectivity index (χ0v) is 17.4. The van der Waals surface area contributed by atoms with E-state index in [0.717, 1.165) is 27.2 Å². The molecule has 0 fully saturated rings. The maximum absolute atomic E-state index is 12.5. The molecule has 0 spiro atoms. The molecular weight excluding hydrogens is 392 g/mol. The molecule has 0 bridgehead atoms.